The monoisotopic (exact) mass is 236 g/mol. The van der Waals surface area contributed by atoms with Crippen molar-refractivity contribution < 1.29 is 0 Å². The minimum atomic E-state index is 0.582. The van der Waals surface area contributed by atoms with Crippen molar-refractivity contribution >= 4 is 28.2 Å². The first-order valence-corrected chi connectivity index (χ1v) is 5.66. The van der Waals surface area contributed by atoms with Crippen LogP contribution in [0.15, 0.2) is 54.7 Å². The van der Waals surface area contributed by atoms with E-state index in [-0.39, 0.29) is 0 Å². The number of hydrogen-bond donors (Lipinski definition) is 2. The van der Waals surface area contributed by atoms with Crippen molar-refractivity contribution in [3.8, 4) is 0 Å². The zero-order chi connectivity index (χ0) is 12.4. The summed E-state index contributed by atoms with van der Waals surface area (Å²) in [6.07, 6.45) is 1.81. The Hall–Kier alpha value is -2.62. The summed E-state index contributed by atoms with van der Waals surface area (Å²) >= 11 is 0. The van der Waals surface area contributed by atoms with E-state index in [1.807, 2.05) is 54.7 Å². The molecule has 18 heavy (non-hydrogen) atoms. The van der Waals surface area contributed by atoms with Gasteiger partial charge in [0.05, 0.1) is 5.52 Å². The highest BCUT2D eigenvalue weighted by atomic mass is 15.1. The Balaban J connectivity index is 1.92. The number of hydrogen-bond acceptors (Lipinski definition) is 4. The number of nitrogens with zero attached hydrogens (tertiary/aromatic N) is 2. The summed E-state index contributed by atoms with van der Waals surface area (Å²) in [5.74, 6) is 0.582. The number of para-hydroxylation sites is 1. The molecule has 0 saturated carbocycles. The van der Waals surface area contributed by atoms with Gasteiger partial charge in [-0.15, -0.1) is 0 Å². The van der Waals surface area contributed by atoms with E-state index < -0.39 is 0 Å². The third kappa shape index (κ3) is 2.08. The number of nitrogens with one attached hydrogen (secondary N) is 1. The van der Waals surface area contributed by atoms with Gasteiger partial charge in [0.2, 0.25) is 5.95 Å². The van der Waals surface area contributed by atoms with Crippen LogP contribution in [0.2, 0.25) is 0 Å². The van der Waals surface area contributed by atoms with E-state index in [1.54, 1.807) is 0 Å². The van der Waals surface area contributed by atoms with E-state index in [4.69, 9.17) is 5.73 Å². The molecule has 0 atom stereocenters. The molecule has 0 aliphatic rings. The van der Waals surface area contributed by atoms with Crippen molar-refractivity contribution in [1.29, 1.82) is 0 Å². The third-order valence-corrected chi connectivity index (χ3v) is 2.66. The van der Waals surface area contributed by atoms with E-state index in [2.05, 4.69) is 15.3 Å². The van der Waals surface area contributed by atoms with Gasteiger partial charge >= 0.3 is 0 Å². The van der Waals surface area contributed by atoms with Crippen molar-refractivity contribution in [2.75, 3.05) is 11.1 Å². The molecule has 0 radical (unpaired) electrons. The fraction of sp³-hybridized carbons (Fsp3) is 0. The predicted molar refractivity (Wildman–Crippen MR) is 73.7 cm³/mol. The smallest absolute Gasteiger partial charge is 0.227 e. The quantitative estimate of drug-likeness (QED) is 0.671. The van der Waals surface area contributed by atoms with Crippen LogP contribution >= 0.6 is 0 Å². The van der Waals surface area contributed by atoms with Crippen LogP contribution in [0.5, 0.6) is 0 Å². The Bertz CT molecular complexity index is 677. The summed E-state index contributed by atoms with van der Waals surface area (Å²) in [7, 11) is 0. The summed E-state index contributed by atoms with van der Waals surface area (Å²) in [6, 6.07) is 15.4. The fourth-order valence-corrected chi connectivity index (χ4v) is 1.73. The van der Waals surface area contributed by atoms with Crippen LogP contribution in [0.25, 0.3) is 10.9 Å². The molecular formula is C14H12N4. The van der Waals surface area contributed by atoms with Gasteiger partial charge in [-0.1, -0.05) is 18.2 Å². The van der Waals surface area contributed by atoms with E-state index >= 15 is 0 Å². The molecule has 0 aliphatic carbocycles. The summed E-state index contributed by atoms with van der Waals surface area (Å²) < 4.78 is 0. The molecule has 0 spiro atoms. The minimum absolute atomic E-state index is 0.582. The molecule has 3 N–H and O–H groups in total. The first kappa shape index (κ1) is 10.5. The third-order valence-electron chi connectivity index (χ3n) is 2.66. The normalized spacial score (nSPS) is 10.4. The summed E-state index contributed by atoms with van der Waals surface area (Å²) in [6.45, 7) is 0. The zero-order valence-corrected chi connectivity index (χ0v) is 9.67. The van der Waals surface area contributed by atoms with Gasteiger partial charge < -0.3 is 11.1 Å². The molecule has 3 rings (SSSR count). The SMILES string of the molecule is Nc1ccc(Nc2ncc3ccccc3n2)cc1. The lowest BCUT2D eigenvalue weighted by molar-refractivity contribution is 1.21. The van der Waals surface area contributed by atoms with Gasteiger partial charge in [-0.2, -0.15) is 0 Å². The molecule has 2 aromatic carbocycles. The fourth-order valence-electron chi connectivity index (χ4n) is 1.73. The van der Waals surface area contributed by atoms with Crippen molar-refractivity contribution in [2.45, 2.75) is 0 Å². The maximum absolute atomic E-state index is 5.64. The van der Waals surface area contributed by atoms with Gasteiger partial charge in [0.15, 0.2) is 0 Å². The molecule has 0 fully saturated rings. The molecule has 4 nitrogen and oxygen atoms in total. The molecule has 3 aromatic rings. The highest BCUT2D eigenvalue weighted by Crippen LogP contribution is 2.17. The number of anilines is 3. The summed E-state index contributed by atoms with van der Waals surface area (Å²) in [5, 5.41) is 4.17. The van der Waals surface area contributed by atoms with Gasteiger partial charge in [0, 0.05) is 23.0 Å². The average molecular weight is 236 g/mol. The first-order chi connectivity index (χ1) is 8.81. The van der Waals surface area contributed by atoms with Gasteiger partial charge in [0.1, 0.15) is 0 Å². The Morgan fingerprint density at radius 1 is 0.944 bits per heavy atom. The number of fused-ring (bicyclic) bond motifs is 1. The summed E-state index contributed by atoms with van der Waals surface area (Å²) in [4.78, 5) is 8.71. The largest absolute Gasteiger partial charge is 0.399 e. The first-order valence-electron chi connectivity index (χ1n) is 5.66. The highest BCUT2D eigenvalue weighted by Gasteiger charge is 1.99. The molecule has 0 amide bonds. The van der Waals surface area contributed by atoms with Crippen LogP contribution in [0, 0.1) is 0 Å². The summed E-state index contributed by atoms with van der Waals surface area (Å²) in [5.41, 5.74) is 8.21. The molecular weight excluding hydrogens is 224 g/mol. The molecule has 88 valence electrons. The molecule has 0 aliphatic heterocycles. The number of nitrogen functional groups attached to an aromatic ring is 1. The van der Waals surface area contributed by atoms with Crippen LogP contribution in [0.1, 0.15) is 0 Å². The van der Waals surface area contributed by atoms with Gasteiger partial charge in [0.25, 0.3) is 0 Å². The number of nitrogens with two attached hydrogens (primary N) is 1. The Kier molecular flexibility index (Phi) is 2.53. The lowest BCUT2D eigenvalue weighted by atomic mass is 10.2. The lowest BCUT2D eigenvalue weighted by Gasteiger charge is -2.05. The van der Waals surface area contributed by atoms with Crippen molar-refractivity contribution in [3.63, 3.8) is 0 Å². The molecule has 4 heteroatoms. The lowest BCUT2D eigenvalue weighted by Crippen LogP contribution is -1.97. The minimum Gasteiger partial charge on any atom is -0.399 e. The second-order valence-electron chi connectivity index (χ2n) is 4.00. The maximum atomic E-state index is 5.64. The van der Waals surface area contributed by atoms with Crippen molar-refractivity contribution in [3.05, 3.63) is 54.7 Å². The number of rotatable bonds is 2. The zero-order valence-electron chi connectivity index (χ0n) is 9.67. The standard InChI is InChI=1S/C14H12N4/c15-11-5-7-12(8-6-11)17-14-16-9-10-3-1-2-4-13(10)18-14/h1-9H,15H2,(H,16,17,18). The molecule has 0 saturated heterocycles. The Morgan fingerprint density at radius 3 is 2.56 bits per heavy atom. The van der Waals surface area contributed by atoms with Crippen LogP contribution in [0.4, 0.5) is 17.3 Å². The van der Waals surface area contributed by atoms with E-state index in [0.29, 0.717) is 5.95 Å². The maximum Gasteiger partial charge on any atom is 0.227 e. The molecule has 1 heterocycles. The van der Waals surface area contributed by atoms with Gasteiger partial charge in [-0.3, -0.25) is 0 Å². The Morgan fingerprint density at radius 2 is 1.72 bits per heavy atom. The van der Waals surface area contributed by atoms with Crippen LogP contribution in [-0.2, 0) is 0 Å². The Labute approximate surface area is 104 Å². The topological polar surface area (TPSA) is 63.8 Å². The molecule has 0 unspecified atom stereocenters. The van der Waals surface area contributed by atoms with Gasteiger partial charge in [-0.25, -0.2) is 9.97 Å². The second kappa shape index (κ2) is 4.33. The van der Waals surface area contributed by atoms with Crippen molar-refractivity contribution in [1.82, 2.24) is 9.97 Å². The van der Waals surface area contributed by atoms with E-state index in [1.165, 1.54) is 0 Å². The highest BCUT2D eigenvalue weighted by molar-refractivity contribution is 5.78. The van der Waals surface area contributed by atoms with Gasteiger partial charge in [-0.05, 0) is 30.3 Å². The molecule has 1 aromatic heterocycles. The second-order valence-corrected chi connectivity index (χ2v) is 4.00. The van der Waals surface area contributed by atoms with Crippen LogP contribution < -0.4 is 11.1 Å². The van der Waals surface area contributed by atoms with E-state index in [9.17, 15) is 0 Å². The number of benzene rings is 2. The average Bonchev–Trinajstić information content (AvgIpc) is 2.41. The predicted octanol–water partition coefficient (Wildman–Crippen LogP) is 2.96. The van der Waals surface area contributed by atoms with E-state index in [0.717, 1.165) is 22.3 Å². The van der Waals surface area contributed by atoms with Crippen LogP contribution in [0.3, 0.4) is 0 Å². The molecule has 0 bridgehead atoms. The van der Waals surface area contributed by atoms with Crippen molar-refractivity contribution in [2.24, 2.45) is 0 Å². The number of aromatic nitrogens is 2. The van der Waals surface area contributed by atoms with Crippen LogP contribution in [-0.4, -0.2) is 9.97 Å².